The van der Waals surface area contributed by atoms with Crippen LogP contribution in [0.2, 0.25) is 0 Å². The van der Waals surface area contributed by atoms with Gasteiger partial charge in [0.1, 0.15) is 0 Å². The number of carbonyl (C=O) groups excluding carboxylic acids is 2. The van der Waals surface area contributed by atoms with Gasteiger partial charge in [-0.05, 0) is 55.3 Å². The minimum atomic E-state index is -3.80. The Bertz CT molecular complexity index is 970. The maximum atomic E-state index is 12.1. The van der Waals surface area contributed by atoms with Crippen molar-refractivity contribution in [3.8, 4) is 0 Å². The molecule has 0 aliphatic rings. The number of amides is 1. The number of carbonyl (C=O) groups is 2. The van der Waals surface area contributed by atoms with Crippen molar-refractivity contribution in [3.63, 3.8) is 0 Å². The van der Waals surface area contributed by atoms with Crippen LogP contribution in [0, 0.1) is 13.8 Å². The zero-order chi connectivity index (χ0) is 20.9. The molecule has 2 aromatic rings. The van der Waals surface area contributed by atoms with Gasteiger partial charge in [0.2, 0.25) is 0 Å². The number of benzene rings is 2. The summed E-state index contributed by atoms with van der Waals surface area (Å²) < 4.78 is 29.9. The van der Waals surface area contributed by atoms with Crippen LogP contribution in [0.4, 0.5) is 5.69 Å². The van der Waals surface area contributed by atoms with E-state index in [0.29, 0.717) is 10.2 Å². The van der Waals surface area contributed by atoms with Crippen LogP contribution < -0.4 is 5.32 Å². The van der Waals surface area contributed by atoms with E-state index >= 15 is 0 Å². The summed E-state index contributed by atoms with van der Waals surface area (Å²) in [5.41, 5.74) is 2.74. The fourth-order valence-corrected chi connectivity index (χ4v) is 3.27. The third-order valence-corrected chi connectivity index (χ3v) is 5.89. The van der Waals surface area contributed by atoms with E-state index in [1.165, 1.54) is 38.4 Å². The second kappa shape index (κ2) is 8.96. The lowest BCUT2D eigenvalue weighted by atomic mass is 10.1. The lowest BCUT2D eigenvalue weighted by Gasteiger charge is -2.14. The van der Waals surface area contributed by atoms with Crippen molar-refractivity contribution in [3.05, 3.63) is 59.2 Å². The maximum Gasteiger partial charge on any atom is 0.338 e. The fraction of sp³-hybridized carbons (Fsp3) is 0.263. The predicted octanol–water partition coefficient (Wildman–Crippen LogP) is 2.28. The minimum absolute atomic E-state index is 0.0407. The van der Waals surface area contributed by atoms with E-state index < -0.39 is 28.5 Å². The van der Waals surface area contributed by atoms with Crippen LogP contribution in [-0.2, 0) is 24.4 Å². The van der Waals surface area contributed by atoms with Crippen LogP contribution in [0.25, 0.3) is 0 Å². The summed E-state index contributed by atoms with van der Waals surface area (Å²) in [4.78, 5) is 28.8. The van der Waals surface area contributed by atoms with Gasteiger partial charge in [0.25, 0.3) is 15.9 Å². The molecule has 1 amide bonds. The first-order chi connectivity index (χ1) is 13.2. The molecule has 0 fully saturated rings. The van der Waals surface area contributed by atoms with Gasteiger partial charge in [-0.2, -0.15) is 0 Å². The molecule has 2 aromatic carbocycles. The summed E-state index contributed by atoms with van der Waals surface area (Å²) in [6.07, 6.45) is 0. The highest BCUT2D eigenvalue weighted by Crippen LogP contribution is 2.18. The Hall–Kier alpha value is -2.75. The van der Waals surface area contributed by atoms with Gasteiger partial charge in [-0.25, -0.2) is 13.2 Å². The van der Waals surface area contributed by atoms with Gasteiger partial charge in [0.15, 0.2) is 6.61 Å². The lowest BCUT2D eigenvalue weighted by Crippen LogP contribution is -2.25. The summed E-state index contributed by atoms with van der Waals surface area (Å²) in [5.74, 6) is -1.21. The van der Waals surface area contributed by atoms with Crippen LogP contribution >= 0.6 is 0 Å². The molecule has 9 heteroatoms. The van der Waals surface area contributed by atoms with Crippen LogP contribution in [0.15, 0.2) is 47.4 Å². The molecule has 2 rings (SSSR count). The third kappa shape index (κ3) is 4.94. The second-order valence-electron chi connectivity index (χ2n) is 5.99. The van der Waals surface area contributed by atoms with E-state index in [9.17, 15) is 18.0 Å². The molecule has 0 bridgehead atoms. The van der Waals surface area contributed by atoms with E-state index in [4.69, 9.17) is 4.74 Å². The normalized spacial score (nSPS) is 11.3. The summed E-state index contributed by atoms with van der Waals surface area (Å²) >= 11 is 0. The summed E-state index contributed by atoms with van der Waals surface area (Å²) in [7, 11) is -1.32. The van der Waals surface area contributed by atoms with Gasteiger partial charge in [0, 0.05) is 12.7 Å². The average molecular weight is 406 g/mol. The minimum Gasteiger partial charge on any atom is -0.452 e. The Labute approximate surface area is 164 Å². The van der Waals surface area contributed by atoms with Gasteiger partial charge in [-0.3, -0.25) is 9.63 Å². The van der Waals surface area contributed by atoms with E-state index in [1.807, 2.05) is 26.0 Å². The standard InChI is InChI=1S/C19H22N2O6S/c1-13-6-5-7-17(14(13)2)20-18(22)12-27-19(23)15-8-10-16(11-9-15)28(24,25)21(3)26-4/h5-11H,12H2,1-4H3,(H,20,22). The number of nitrogens with one attached hydrogen (secondary N) is 1. The van der Waals surface area contributed by atoms with Crippen molar-refractivity contribution < 1.29 is 27.6 Å². The quantitative estimate of drug-likeness (QED) is 0.559. The molecule has 0 atom stereocenters. The van der Waals surface area contributed by atoms with Crippen LogP contribution in [-0.4, -0.2) is 45.5 Å². The molecule has 0 unspecified atom stereocenters. The Kier molecular flexibility index (Phi) is 6.90. The van der Waals surface area contributed by atoms with Gasteiger partial charge in [-0.1, -0.05) is 16.6 Å². The number of hydrogen-bond acceptors (Lipinski definition) is 6. The molecule has 0 aliphatic carbocycles. The average Bonchev–Trinajstić information content (AvgIpc) is 2.69. The maximum absolute atomic E-state index is 12.1. The Morgan fingerprint density at radius 1 is 1.07 bits per heavy atom. The fourth-order valence-electron chi connectivity index (χ4n) is 2.30. The van der Waals surface area contributed by atoms with Gasteiger partial charge in [-0.15, -0.1) is 0 Å². The van der Waals surface area contributed by atoms with Crippen LogP contribution in [0.5, 0.6) is 0 Å². The first kappa shape index (κ1) is 21.5. The number of hydroxylamine groups is 1. The highest BCUT2D eigenvalue weighted by molar-refractivity contribution is 7.89. The molecule has 0 radical (unpaired) electrons. The Morgan fingerprint density at radius 3 is 2.32 bits per heavy atom. The van der Waals surface area contributed by atoms with E-state index in [1.54, 1.807) is 6.07 Å². The zero-order valence-electron chi connectivity index (χ0n) is 16.1. The number of esters is 1. The van der Waals surface area contributed by atoms with Gasteiger partial charge in [0.05, 0.1) is 17.6 Å². The molecule has 28 heavy (non-hydrogen) atoms. The number of ether oxygens (including phenoxy) is 1. The summed E-state index contributed by atoms with van der Waals surface area (Å²) in [6.45, 7) is 3.35. The topological polar surface area (TPSA) is 102 Å². The number of hydrogen-bond donors (Lipinski definition) is 1. The summed E-state index contributed by atoms with van der Waals surface area (Å²) in [6, 6.07) is 10.6. The van der Waals surface area contributed by atoms with Gasteiger partial charge >= 0.3 is 5.97 Å². The van der Waals surface area contributed by atoms with Crippen molar-refractivity contribution in [1.82, 2.24) is 4.47 Å². The molecule has 0 heterocycles. The van der Waals surface area contributed by atoms with E-state index in [-0.39, 0.29) is 10.5 Å². The zero-order valence-corrected chi connectivity index (χ0v) is 16.9. The smallest absolute Gasteiger partial charge is 0.338 e. The molecule has 150 valence electrons. The molecule has 0 aliphatic heterocycles. The SMILES string of the molecule is CON(C)S(=O)(=O)c1ccc(C(=O)OCC(=O)Nc2cccc(C)c2C)cc1. The number of anilines is 1. The molecular weight excluding hydrogens is 384 g/mol. The van der Waals surface area contributed by atoms with E-state index in [2.05, 4.69) is 10.2 Å². The first-order valence-electron chi connectivity index (χ1n) is 8.33. The first-order valence-corrected chi connectivity index (χ1v) is 9.77. The molecule has 0 saturated carbocycles. The monoisotopic (exact) mass is 406 g/mol. The third-order valence-electron chi connectivity index (χ3n) is 4.20. The molecule has 0 spiro atoms. The molecular formula is C19H22N2O6S. The Balaban J connectivity index is 1.98. The Morgan fingerprint density at radius 2 is 1.71 bits per heavy atom. The molecule has 1 N–H and O–H groups in total. The van der Waals surface area contributed by atoms with Crippen molar-refractivity contribution in [2.75, 3.05) is 26.1 Å². The van der Waals surface area contributed by atoms with Crippen LogP contribution in [0.1, 0.15) is 21.5 Å². The van der Waals surface area contributed by atoms with Crippen LogP contribution in [0.3, 0.4) is 0 Å². The molecule has 0 aromatic heterocycles. The number of sulfonamides is 1. The number of rotatable bonds is 7. The summed E-state index contributed by atoms with van der Waals surface area (Å²) in [5, 5.41) is 2.69. The highest BCUT2D eigenvalue weighted by Gasteiger charge is 2.21. The highest BCUT2D eigenvalue weighted by atomic mass is 32.2. The molecule has 8 nitrogen and oxygen atoms in total. The molecule has 0 saturated heterocycles. The van der Waals surface area contributed by atoms with Crippen molar-refractivity contribution in [1.29, 1.82) is 0 Å². The van der Waals surface area contributed by atoms with Gasteiger partial charge < -0.3 is 10.1 Å². The van der Waals surface area contributed by atoms with Crippen molar-refractivity contribution in [2.45, 2.75) is 18.7 Å². The number of aryl methyl sites for hydroxylation is 1. The second-order valence-corrected chi connectivity index (χ2v) is 7.93. The predicted molar refractivity (Wildman–Crippen MR) is 103 cm³/mol. The van der Waals surface area contributed by atoms with E-state index in [0.717, 1.165) is 11.1 Å². The lowest BCUT2D eigenvalue weighted by molar-refractivity contribution is -0.119. The van der Waals surface area contributed by atoms with Crippen molar-refractivity contribution in [2.24, 2.45) is 0 Å². The number of nitrogens with zero attached hydrogens (tertiary/aromatic N) is 1. The largest absolute Gasteiger partial charge is 0.452 e. The van der Waals surface area contributed by atoms with Crippen molar-refractivity contribution >= 4 is 27.6 Å².